The van der Waals surface area contributed by atoms with Gasteiger partial charge < -0.3 is 25.3 Å². The molecule has 2 aromatic heterocycles. The Bertz CT molecular complexity index is 889. The lowest BCUT2D eigenvalue weighted by Gasteiger charge is -2.27. The lowest BCUT2D eigenvalue weighted by Crippen LogP contribution is -2.38. The highest BCUT2D eigenvalue weighted by Crippen LogP contribution is 2.44. The summed E-state index contributed by atoms with van der Waals surface area (Å²) in [5.41, 5.74) is 5.66. The molecule has 4 unspecified atom stereocenters. The van der Waals surface area contributed by atoms with Gasteiger partial charge in [0.2, 0.25) is 0 Å². The first kappa shape index (κ1) is 23.0. The van der Waals surface area contributed by atoms with Gasteiger partial charge in [-0.1, -0.05) is 20.8 Å². The van der Waals surface area contributed by atoms with Gasteiger partial charge in [-0.2, -0.15) is 0 Å². The van der Waals surface area contributed by atoms with E-state index in [-0.39, 0.29) is 5.66 Å². The van der Waals surface area contributed by atoms with Crippen LogP contribution in [-0.2, 0) is 13.8 Å². The zero-order valence-electron chi connectivity index (χ0n) is 17.9. The molecule has 0 aliphatic carbocycles. The quantitative estimate of drug-likeness (QED) is 0.508. The molecule has 9 nitrogen and oxygen atoms in total. The highest BCUT2D eigenvalue weighted by molar-refractivity contribution is 7.40. The van der Waals surface area contributed by atoms with Gasteiger partial charge >= 0.3 is 8.03 Å². The summed E-state index contributed by atoms with van der Waals surface area (Å²) in [6.45, 7) is 7.81. The Kier molecular flexibility index (Phi) is 7.09. The summed E-state index contributed by atoms with van der Waals surface area (Å²) in [5.74, 6) is 0.334. The van der Waals surface area contributed by atoms with Crippen molar-refractivity contribution in [1.29, 1.82) is 0 Å². The van der Waals surface area contributed by atoms with Crippen LogP contribution in [0, 0.1) is 0 Å². The third kappa shape index (κ3) is 4.36. The summed E-state index contributed by atoms with van der Waals surface area (Å²) in [5, 5.41) is 22.0. The number of nitrogen functional groups attached to an aromatic ring is 1. The number of anilines is 1. The van der Waals surface area contributed by atoms with Gasteiger partial charge in [0, 0.05) is 12.6 Å². The van der Waals surface area contributed by atoms with Crippen molar-refractivity contribution >= 4 is 24.9 Å². The molecule has 1 fully saturated rings. The summed E-state index contributed by atoms with van der Waals surface area (Å²) in [7, 11) is -1.84. The molecular formula is C20H32N4O5P+. The first-order valence-electron chi connectivity index (χ1n) is 10.5. The zero-order chi connectivity index (χ0) is 22.1. The lowest BCUT2D eigenvalue weighted by atomic mass is 9.93. The van der Waals surface area contributed by atoms with Gasteiger partial charge in [0.05, 0.1) is 11.5 Å². The molecule has 0 amide bonds. The van der Waals surface area contributed by atoms with Crippen LogP contribution in [0.15, 0.2) is 18.6 Å². The highest BCUT2D eigenvalue weighted by atomic mass is 31.1. The van der Waals surface area contributed by atoms with E-state index in [0.29, 0.717) is 29.7 Å². The van der Waals surface area contributed by atoms with Crippen LogP contribution in [0.3, 0.4) is 0 Å². The van der Waals surface area contributed by atoms with E-state index in [9.17, 15) is 14.8 Å². The summed E-state index contributed by atoms with van der Waals surface area (Å²) in [4.78, 5) is 8.20. The number of nitrogens with two attached hydrogens (primary N) is 1. The van der Waals surface area contributed by atoms with Crippen molar-refractivity contribution in [3.8, 4) is 0 Å². The Hall–Kier alpha value is -1.64. The molecule has 3 rings (SSSR count). The molecule has 4 N–H and O–H groups in total. The molecule has 30 heavy (non-hydrogen) atoms. The van der Waals surface area contributed by atoms with E-state index in [1.807, 2.05) is 27.7 Å². The number of ether oxygens (including phenoxy) is 1. The van der Waals surface area contributed by atoms with Crippen LogP contribution >= 0.6 is 8.03 Å². The topological polar surface area (TPSA) is 133 Å². The molecule has 10 heteroatoms. The van der Waals surface area contributed by atoms with Gasteiger partial charge in [-0.25, -0.2) is 9.97 Å². The maximum absolute atomic E-state index is 12.7. The Morgan fingerprint density at radius 1 is 1.30 bits per heavy atom. The van der Waals surface area contributed by atoms with Gasteiger partial charge in [-0.15, -0.1) is 4.52 Å². The minimum Gasteiger partial charge on any atom is -0.388 e. The average Bonchev–Trinajstić information content (AvgIpc) is 3.26. The minimum atomic E-state index is -1.84. The van der Waals surface area contributed by atoms with Crippen molar-refractivity contribution in [2.24, 2.45) is 0 Å². The van der Waals surface area contributed by atoms with Crippen LogP contribution in [-0.4, -0.2) is 54.3 Å². The molecule has 3 heterocycles. The Morgan fingerprint density at radius 2 is 2.00 bits per heavy atom. The second-order valence-corrected chi connectivity index (χ2v) is 9.60. The van der Waals surface area contributed by atoms with Crippen molar-refractivity contribution in [3.05, 3.63) is 18.6 Å². The smallest absolute Gasteiger partial charge is 0.388 e. The number of aromatic nitrogens is 3. The second-order valence-electron chi connectivity index (χ2n) is 8.12. The van der Waals surface area contributed by atoms with Crippen molar-refractivity contribution in [1.82, 2.24) is 14.5 Å². The molecule has 166 valence electrons. The van der Waals surface area contributed by atoms with Gasteiger partial charge in [0.25, 0.3) is 0 Å². The molecular weight excluding hydrogens is 407 g/mol. The molecule has 0 spiro atoms. The SMILES string of the molecule is CCC(CC)[P+](=O)OC(C)(CC)C[C@H]1OC(n2ccc3c(N)ncnc32)[C@H](O)C1O. The van der Waals surface area contributed by atoms with Crippen molar-refractivity contribution in [2.45, 2.75) is 89.2 Å². The van der Waals surface area contributed by atoms with Crippen molar-refractivity contribution in [2.75, 3.05) is 5.73 Å². The highest BCUT2D eigenvalue weighted by Gasteiger charge is 2.49. The van der Waals surface area contributed by atoms with Crippen LogP contribution < -0.4 is 5.73 Å². The van der Waals surface area contributed by atoms with Gasteiger partial charge in [-0.05, 0) is 36.8 Å². The van der Waals surface area contributed by atoms with Crippen LogP contribution in [0.1, 0.15) is 59.6 Å². The van der Waals surface area contributed by atoms with Crippen molar-refractivity contribution < 1.29 is 24.0 Å². The predicted octanol–water partition coefficient (Wildman–Crippen LogP) is 3.14. The predicted molar refractivity (Wildman–Crippen MR) is 114 cm³/mol. The zero-order valence-corrected chi connectivity index (χ0v) is 18.8. The van der Waals surface area contributed by atoms with E-state index < -0.39 is 38.2 Å². The first-order valence-corrected chi connectivity index (χ1v) is 11.7. The van der Waals surface area contributed by atoms with E-state index >= 15 is 0 Å². The summed E-state index contributed by atoms with van der Waals surface area (Å²) >= 11 is 0. The van der Waals surface area contributed by atoms with Gasteiger partial charge in [-0.3, -0.25) is 0 Å². The monoisotopic (exact) mass is 439 g/mol. The molecule has 2 aromatic rings. The minimum absolute atomic E-state index is 0.00462. The molecule has 0 radical (unpaired) electrons. The second kappa shape index (κ2) is 9.24. The molecule has 6 atom stereocenters. The van der Waals surface area contributed by atoms with E-state index in [0.717, 1.165) is 12.8 Å². The molecule has 1 saturated heterocycles. The number of fused-ring (bicyclic) bond motifs is 1. The van der Waals surface area contributed by atoms with Crippen LogP contribution in [0.25, 0.3) is 11.0 Å². The fraction of sp³-hybridized carbons (Fsp3) is 0.700. The largest absolute Gasteiger partial charge is 0.511 e. The Morgan fingerprint density at radius 3 is 2.63 bits per heavy atom. The number of nitrogens with zero attached hydrogens (tertiary/aromatic N) is 3. The number of rotatable bonds is 9. The summed E-state index contributed by atoms with van der Waals surface area (Å²) in [6.07, 6.45) is 1.72. The Balaban J connectivity index is 1.78. The summed E-state index contributed by atoms with van der Waals surface area (Å²) in [6, 6.07) is 1.75. The van der Waals surface area contributed by atoms with E-state index in [1.54, 1.807) is 16.8 Å². The standard InChI is InChI=1S/C20H32N4O5P/c1-5-12(6-2)30(27)29-20(4,7-3)10-14-15(25)16(26)19(28-14)24-9-8-13-17(21)22-11-23-18(13)24/h8-9,11-12,14-16,19,25-26H,5-7,10H2,1-4H3,(H2,21,22,23)/q+1/t14-,15?,16-,19?,20?/m1/s1. The first-order chi connectivity index (χ1) is 14.2. The fourth-order valence-electron chi connectivity index (χ4n) is 3.87. The third-order valence-electron chi connectivity index (χ3n) is 6.08. The molecule has 0 saturated carbocycles. The fourth-order valence-corrected chi connectivity index (χ4v) is 5.26. The van der Waals surface area contributed by atoms with Crippen LogP contribution in [0.4, 0.5) is 5.82 Å². The van der Waals surface area contributed by atoms with Gasteiger partial charge in [0.1, 0.15) is 35.6 Å². The van der Waals surface area contributed by atoms with Crippen LogP contribution in [0.2, 0.25) is 0 Å². The molecule has 1 aliphatic heterocycles. The number of hydrogen-bond acceptors (Lipinski definition) is 8. The van der Waals surface area contributed by atoms with Crippen LogP contribution in [0.5, 0.6) is 0 Å². The molecule has 1 aliphatic rings. The van der Waals surface area contributed by atoms with E-state index in [4.69, 9.17) is 15.0 Å². The van der Waals surface area contributed by atoms with Crippen molar-refractivity contribution in [3.63, 3.8) is 0 Å². The number of aliphatic hydroxyl groups excluding tert-OH is 2. The number of hydrogen-bond donors (Lipinski definition) is 3. The molecule has 0 bridgehead atoms. The lowest BCUT2D eigenvalue weighted by molar-refractivity contribution is -0.0620. The maximum Gasteiger partial charge on any atom is 0.511 e. The maximum atomic E-state index is 12.7. The summed E-state index contributed by atoms with van der Waals surface area (Å²) < 4.78 is 26.4. The third-order valence-corrected chi connectivity index (χ3v) is 8.03. The number of aliphatic hydroxyl groups is 2. The molecule has 0 aromatic carbocycles. The van der Waals surface area contributed by atoms with Gasteiger partial charge in [0.15, 0.2) is 11.9 Å². The normalized spacial score (nSPS) is 27.0. The Labute approximate surface area is 177 Å². The average molecular weight is 439 g/mol. The van der Waals surface area contributed by atoms with E-state index in [2.05, 4.69) is 9.97 Å². The van der Waals surface area contributed by atoms with E-state index in [1.165, 1.54) is 6.33 Å².